The zero-order chi connectivity index (χ0) is 12.3. The van der Waals surface area contributed by atoms with Gasteiger partial charge in [-0.15, -0.1) is 0 Å². The molecule has 1 saturated heterocycles. The second kappa shape index (κ2) is 5.19. The van der Waals surface area contributed by atoms with Crippen LogP contribution < -0.4 is 4.74 Å². The highest BCUT2D eigenvalue weighted by Gasteiger charge is 2.31. The zero-order valence-corrected chi connectivity index (χ0v) is 9.93. The number of carboxylic acid groups (broad SMARTS) is 1. The number of hydrogen-bond acceptors (Lipinski definition) is 3. The van der Waals surface area contributed by atoms with Gasteiger partial charge in [-0.2, -0.15) is 0 Å². The summed E-state index contributed by atoms with van der Waals surface area (Å²) in [5, 5.41) is 8.77. The van der Waals surface area contributed by atoms with E-state index in [2.05, 4.69) is 4.90 Å². The smallest absolute Gasteiger partial charge is 0.309 e. The molecule has 1 heterocycles. The van der Waals surface area contributed by atoms with Gasteiger partial charge < -0.3 is 9.84 Å². The van der Waals surface area contributed by atoms with Crippen LogP contribution in [0.5, 0.6) is 5.75 Å². The van der Waals surface area contributed by atoms with E-state index in [4.69, 9.17) is 9.84 Å². The van der Waals surface area contributed by atoms with Gasteiger partial charge in [0, 0.05) is 19.6 Å². The van der Waals surface area contributed by atoms with Gasteiger partial charge in [-0.3, -0.25) is 9.69 Å². The minimum atomic E-state index is -0.687. The molecule has 1 aliphatic heterocycles. The highest BCUT2D eigenvalue weighted by Crippen LogP contribution is 2.20. The molecule has 4 heteroatoms. The van der Waals surface area contributed by atoms with Gasteiger partial charge in [0.1, 0.15) is 5.75 Å². The first-order valence-electron chi connectivity index (χ1n) is 5.86. The Bertz CT molecular complexity index is 382. The summed E-state index contributed by atoms with van der Waals surface area (Å²) in [4.78, 5) is 12.8. The number of aliphatic carboxylic acids is 1. The average Bonchev–Trinajstić information content (AvgIpc) is 2.25. The van der Waals surface area contributed by atoms with Crippen LogP contribution in [0.1, 0.15) is 12.5 Å². The van der Waals surface area contributed by atoms with Crippen molar-refractivity contribution in [3.05, 3.63) is 29.8 Å². The molecule has 0 amide bonds. The second-order valence-corrected chi connectivity index (χ2v) is 4.31. The lowest BCUT2D eigenvalue weighted by atomic mass is 10.00. The molecule has 0 unspecified atom stereocenters. The molecule has 1 aliphatic rings. The van der Waals surface area contributed by atoms with E-state index in [9.17, 15) is 4.79 Å². The van der Waals surface area contributed by atoms with Crippen molar-refractivity contribution in [2.24, 2.45) is 5.92 Å². The fourth-order valence-corrected chi connectivity index (χ4v) is 1.97. The van der Waals surface area contributed by atoms with E-state index < -0.39 is 5.97 Å². The van der Waals surface area contributed by atoms with Crippen LogP contribution >= 0.6 is 0 Å². The highest BCUT2D eigenvalue weighted by atomic mass is 16.5. The van der Waals surface area contributed by atoms with Crippen molar-refractivity contribution < 1.29 is 14.6 Å². The lowest BCUT2D eigenvalue weighted by Gasteiger charge is -2.36. The van der Waals surface area contributed by atoms with Crippen LogP contribution in [0.15, 0.2) is 24.3 Å². The van der Waals surface area contributed by atoms with Gasteiger partial charge in [-0.05, 0) is 24.6 Å². The second-order valence-electron chi connectivity index (χ2n) is 4.31. The molecule has 17 heavy (non-hydrogen) atoms. The molecule has 2 rings (SSSR count). The molecule has 0 spiro atoms. The third-order valence-corrected chi connectivity index (χ3v) is 2.95. The van der Waals surface area contributed by atoms with E-state index in [0.29, 0.717) is 19.7 Å². The third-order valence-electron chi connectivity index (χ3n) is 2.95. The maximum absolute atomic E-state index is 10.7. The van der Waals surface area contributed by atoms with Gasteiger partial charge in [-0.25, -0.2) is 0 Å². The molecule has 1 aromatic carbocycles. The molecule has 1 N–H and O–H groups in total. The van der Waals surface area contributed by atoms with Crippen LogP contribution in [-0.2, 0) is 11.3 Å². The maximum Gasteiger partial charge on any atom is 0.309 e. The Hall–Kier alpha value is -1.55. The number of carbonyl (C=O) groups is 1. The summed E-state index contributed by atoms with van der Waals surface area (Å²) in [7, 11) is 0. The number of likely N-dealkylation sites (tertiary alicyclic amines) is 1. The predicted octanol–water partition coefficient (Wildman–Crippen LogP) is 1.60. The average molecular weight is 235 g/mol. The fourth-order valence-electron chi connectivity index (χ4n) is 1.97. The maximum atomic E-state index is 10.7. The normalized spacial score (nSPS) is 16.5. The van der Waals surface area contributed by atoms with Crippen LogP contribution in [-0.4, -0.2) is 35.7 Å². The first-order chi connectivity index (χ1) is 8.19. The number of carboxylic acids is 1. The Kier molecular flexibility index (Phi) is 3.64. The van der Waals surface area contributed by atoms with Crippen LogP contribution in [0.4, 0.5) is 0 Å². The molecule has 0 radical (unpaired) electrons. The van der Waals surface area contributed by atoms with E-state index in [0.717, 1.165) is 12.3 Å². The molecule has 92 valence electrons. The van der Waals surface area contributed by atoms with Gasteiger partial charge >= 0.3 is 5.97 Å². The number of benzene rings is 1. The summed E-state index contributed by atoms with van der Waals surface area (Å²) >= 11 is 0. The quantitative estimate of drug-likeness (QED) is 0.842. The predicted molar refractivity (Wildman–Crippen MR) is 64.0 cm³/mol. The number of hydrogen-bond donors (Lipinski definition) is 1. The lowest BCUT2D eigenvalue weighted by Crippen LogP contribution is -2.49. The molecule has 0 aromatic heterocycles. The zero-order valence-electron chi connectivity index (χ0n) is 9.93. The third kappa shape index (κ3) is 2.97. The van der Waals surface area contributed by atoms with E-state index in [1.54, 1.807) is 0 Å². The Labute approximate surface area is 101 Å². The van der Waals surface area contributed by atoms with Gasteiger partial charge in [0.2, 0.25) is 0 Å². The van der Waals surface area contributed by atoms with Crippen LogP contribution in [0.3, 0.4) is 0 Å². The molecule has 0 saturated carbocycles. The van der Waals surface area contributed by atoms with E-state index in [1.165, 1.54) is 5.56 Å². The fraction of sp³-hybridized carbons (Fsp3) is 0.462. The SMILES string of the molecule is CCOc1ccc(CN2CC(C(=O)O)C2)cc1. The molecular weight excluding hydrogens is 218 g/mol. The molecule has 1 aromatic rings. The van der Waals surface area contributed by atoms with Crippen molar-refractivity contribution in [2.45, 2.75) is 13.5 Å². The Morgan fingerprint density at radius 3 is 2.59 bits per heavy atom. The molecule has 1 fully saturated rings. The summed E-state index contributed by atoms with van der Waals surface area (Å²) in [5.41, 5.74) is 1.19. The molecule has 4 nitrogen and oxygen atoms in total. The molecule has 0 atom stereocenters. The Morgan fingerprint density at radius 2 is 2.06 bits per heavy atom. The van der Waals surface area contributed by atoms with Gasteiger partial charge in [0.05, 0.1) is 12.5 Å². The summed E-state index contributed by atoms with van der Waals surface area (Å²) in [6.07, 6.45) is 0. The standard InChI is InChI=1S/C13H17NO3/c1-2-17-12-5-3-10(4-6-12)7-14-8-11(9-14)13(15)16/h3-6,11H,2,7-9H2,1H3,(H,15,16). The van der Waals surface area contributed by atoms with Crippen molar-refractivity contribution in [1.82, 2.24) is 4.90 Å². The summed E-state index contributed by atoms with van der Waals surface area (Å²) < 4.78 is 5.36. The summed E-state index contributed by atoms with van der Waals surface area (Å²) in [5.74, 6) is 0.00825. The van der Waals surface area contributed by atoms with Gasteiger partial charge in [0.15, 0.2) is 0 Å². The monoisotopic (exact) mass is 235 g/mol. The topological polar surface area (TPSA) is 49.8 Å². The first-order valence-corrected chi connectivity index (χ1v) is 5.86. The Morgan fingerprint density at radius 1 is 1.41 bits per heavy atom. The largest absolute Gasteiger partial charge is 0.494 e. The van der Waals surface area contributed by atoms with Crippen molar-refractivity contribution in [1.29, 1.82) is 0 Å². The van der Waals surface area contributed by atoms with Crippen molar-refractivity contribution in [3.63, 3.8) is 0 Å². The van der Waals surface area contributed by atoms with E-state index >= 15 is 0 Å². The lowest BCUT2D eigenvalue weighted by molar-refractivity contribution is -0.147. The van der Waals surface area contributed by atoms with Crippen molar-refractivity contribution in [2.75, 3.05) is 19.7 Å². The number of rotatable bonds is 5. The van der Waals surface area contributed by atoms with Crippen LogP contribution in [0.2, 0.25) is 0 Å². The van der Waals surface area contributed by atoms with Crippen LogP contribution in [0, 0.1) is 5.92 Å². The van der Waals surface area contributed by atoms with Gasteiger partial charge in [-0.1, -0.05) is 12.1 Å². The molecular formula is C13H17NO3. The Balaban J connectivity index is 1.82. The number of nitrogens with zero attached hydrogens (tertiary/aromatic N) is 1. The summed E-state index contributed by atoms with van der Waals surface area (Å²) in [6, 6.07) is 7.96. The van der Waals surface area contributed by atoms with Crippen molar-refractivity contribution >= 4 is 5.97 Å². The van der Waals surface area contributed by atoms with E-state index in [-0.39, 0.29) is 5.92 Å². The first kappa shape index (κ1) is 11.9. The number of ether oxygens (including phenoxy) is 1. The minimum Gasteiger partial charge on any atom is -0.494 e. The molecule has 0 bridgehead atoms. The minimum absolute atomic E-state index is 0.183. The highest BCUT2D eigenvalue weighted by molar-refractivity contribution is 5.71. The molecule has 0 aliphatic carbocycles. The van der Waals surface area contributed by atoms with Crippen molar-refractivity contribution in [3.8, 4) is 5.75 Å². The van der Waals surface area contributed by atoms with Crippen LogP contribution in [0.25, 0.3) is 0 Å². The summed E-state index contributed by atoms with van der Waals surface area (Å²) in [6.45, 7) is 4.76. The van der Waals surface area contributed by atoms with Gasteiger partial charge in [0.25, 0.3) is 0 Å². The van der Waals surface area contributed by atoms with E-state index in [1.807, 2.05) is 31.2 Å².